The lowest BCUT2D eigenvalue weighted by molar-refractivity contribution is 0.620. The van der Waals surface area contributed by atoms with E-state index in [1.807, 2.05) is 6.20 Å². The molecule has 4 heteroatoms. The lowest BCUT2D eigenvalue weighted by Crippen LogP contribution is -2.09. The van der Waals surface area contributed by atoms with E-state index in [4.69, 9.17) is 5.73 Å². The van der Waals surface area contributed by atoms with Crippen LogP contribution in [-0.2, 0) is 13.1 Å². The molecule has 0 aliphatic rings. The van der Waals surface area contributed by atoms with E-state index < -0.39 is 0 Å². The summed E-state index contributed by atoms with van der Waals surface area (Å²) >= 11 is 0. The lowest BCUT2D eigenvalue weighted by Gasteiger charge is -2.13. The highest BCUT2D eigenvalue weighted by Crippen LogP contribution is 2.17. The summed E-state index contributed by atoms with van der Waals surface area (Å²) in [6.45, 7) is 5.24. The number of nitrogens with two attached hydrogens (primary N) is 1. The molecule has 1 aromatic heterocycles. The summed E-state index contributed by atoms with van der Waals surface area (Å²) in [5.74, 6) is 1.15. The quantitative estimate of drug-likeness (QED) is 0.902. The first-order valence-corrected chi connectivity index (χ1v) is 6.10. The van der Waals surface area contributed by atoms with Gasteiger partial charge in [0.1, 0.15) is 11.6 Å². The van der Waals surface area contributed by atoms with Crippen LogP contribution in [-0.4, -0.2) is 9.55 Å². The molecular weight excluding hydrogens is 229 g/mol. The van der Waals surface area contributed by atoms with Gasteiger partial charge < -0.3 is 10.3 Å². The summed E-state index contributed by atoms with van der Waals surface area (Å²) < 4.78 is 15.2. The first-order chi connectivity index (χ1) is 8.61. The van der Waals surface area contributed by atoms with Crippen LogP contribution < -0.4 is 5.73 Å². The van der Waals surface area contributed by atoms with Crippen LogP contribution >= 0.6 is 0 Å². The van der Waals surface area contributed by atoms with Crippen molar-refractivity contribution >= 4 is 0 Å². The fraction of sp³-hybridized carbons (Fsp3) is 0.357. The Morgan fingerprint density at radius 3 is 2.78 bits per heavy atom. The van der Waals surface area contributed by atoms with Crippen molar-refractivity contribution in [2.75, 3.05) is 0 Å². The van der Waals surface area contributed by atoms with E-state index in [1.165, 1.54) is 12.1 Å². The average Bonchev–Trinajstić information content (AvgIpc) is 2.79. The zero-order valence-electron chi connectivity index (χ0n) is 10.7. The second-order valence-corrected chi connectivity index (χ2v) is 4.69. The van der Waals surface area contributed by atoms with Crippen LogP contribution in [0.25, 0.3) is 0 Å². The molecule has 2 N–H and O–H groups in total. The maximum atomic E-state index is 13.1. The van der Waals surface area contributed by atoms with Crippen LogP contribution in [0.5, 0.6) is 0 Å². The Hall–Kier alpha value is -1.68. The topological polar surface area (TPSA) is 43.8 Å². The van der Waals surface area contributed by atoms with Gasteiger partial charge in [0, 0.05) is 31.4 Å². The minimum absolute atomic E-state index is 0.242. The number of imidazole rings is 1. The SMILES string of the molecule is CC(C)c1nccn1Cc1ccc(F)cc1CN. The molecule has 0 aliphatic heterocycles. The van der Waals surface area contributed by atoms with Crippen molar-refractivity contribution in [2.24, 2.45) is 5.73 Å². The summed E-state index contributed by atoms with van der Waals surface area (Å²) in [5.41, 5.74) is 7.54. The molecule has 18 heavy (non-hydrogen) atoms. The molecule has 3 nitrogen and oxygen atoms in total. The van der Waals surface area contributed by atoms with Gasteiger partial charge in [0.15, 0.2) is 0 Å². The third-order valence-electron chi connectivity index (χ3n) is 2.99. The Bertz CT molecular complexity index is 532. The highest BCUT2D eigenvalue weighted by Gasteiger charge is 2.09. The van der Waals surface area contributed by atoms with E-state index in [1.54, 1.807) is 12.3 Å². The zero-order valence-corrected chi connectivity index (χ0v) is 10.7. The van der Waals surface area contributed by atoms with Crippen molar-refractivity contribution in [1.29, 1.82) is 0 Å². The fourth-order valence-electron chi connectivity index (χ4n) is 2.08. The normalized spacial score (nSPS) is 11.2. The predicted molar refractivity (Wildman–Crippen MR) is 69.7 cm³/mol. The second kappa shape index (κ2) is 5.31. The Morgan fingerprint density at radius 1 is 1.33 bits per heavy atom. The standard InChI is InChI=1S/C14H18FN3/c1-10(2)14-17-5-6-18(14)9-11-3-4-13(15)7-12(11)8-16/h3-7,10H,8-9,16H2,1-2H3. The molecule has 96 valence electrons. The zero-order chi connectivity index (χ0) is 13.1. The predicted octanol–water partition coefficient (Wildman–Crippen LogP) is 2.65. The Balaban J connectivity index is 2.31. The van der Waals surface area contributed by atoms with E-state index in [0.29, 0.717) is 19.0 Å². The molecule has 2 aromatic rings. The van der Waals surface area contributed by atoms with Crippen LogP contribution in [0.4, 0.5) is 4.39 Å². The number of benzene rings is 1. The van der Waals surface area contributed by atoms with Gasteiger partial charge in [-0.2, -0.15) is 0 Å². The average molecular weight is 247 g/mol. The molecule has 0 saturated carbocycles. The maximum Gasteiger partial charge on any atom is 0.123 e. The van der Waals surface area contributed by atoms with Crippen molar-refractivity contribution in [2.45, 2.75) is 32.9 Å². The Kier molecular flexibility index (Phi) is 3.77. The van der Waals surface area contributed by atoms with Crippen molar-refractivity contribution < 1.29 is 4.39 Å². The van der Waals surface area contributed by atoms with E-state index in [0.717, 1.165) is 17.0 Å². The Morgan fingerprint density at radius 2 is 2.11 bits per heavy atom. The molecule has 0 fully saturated rings. The van der Waals surface area contributed by atoms with Gasteiger partial charge in [-0.05, 0) is 23.3 Å². The van der Waals surface area contributed by atoms with E-state index in [-0.39, 0.29) is 5.82 Å². The maximum absolute atomic E-state index is 13.1. The minimum atomic E-state index is -0.242. The van der Waals surface area contributed by atoms with Crippen LogP contribution in [0.2, 0.25) is 0 Å². The number of hydrogen-bond acceptors (Lipinski definition) is 2. The van der Waals surface area contributed by atoms with Gasteiger partial charge in [-0.3, -0.25) is 0 Å². The number of rotatable bonds is 4. The van der Waals surface area contributed by atoms with Gasteiger partial charge in [0.25, 0.3) is 0 Å². The number of halogens is 1. The number of aromatic nitrogens is 2. The van der Waals surface area contributed by atoms with Gasteiger partial charge in [-0.25, -0.2) is 9.37 Å². The molecule has 0 radical (unpaired) electrons. The summed E-state index contributed by atoms with van der Waals surface area (Å²) in [6.07, 6.45) is 3.74. The first kappa shape index (κ1) is 12.8. The van der Waals surface area contributed by atoms with E-state index >= 15 is 0 Å². The summed E-state index contributed by atoms with van der Waals surface area (Å²) in [4.78, 5) is 4.34. The summed E-state index contributed by atoms with van der Waals surface area (Å²) in [6, 6.07) is 4.77. The largest absolute Gasteiger partial charge is 0.330 e. The molecule has 0 aliphatic carbocycles. The van der Waals surface area contributed by atoms with Gasteiger partial charge in [0.2, 0.25) is 0 Å². The monoisotopic (exact) mass is 247 g/mol. The molecule has 0 amide bonds. The van der Waals surface area contributed by atoms with Gasteiger partial charge >= 0.3 is 0 Å². The van der Waals surface area contributed by atoms with Gasteiger partial charge in [-0.1, -0.05) is 19.9 Å². The first-order valence-electron chi connectivity index (χ1n) is 6.10. The van der Waals surface area contributed by atoms with Crippen molar-refractivity contribution in [3.8, 4) is 0 Å². The van der Waals surface area contributed by atoms with Crippen LogP contribution in [0.15, 0.2) is 30.6 Å². The van der Waals surface area contributed by atoms with E-state index in [9.17, 15) is 4.39 Å². The van der Waals surface area contributed by atoms with Crippen molar-refractivity contribution in [1.82, 2.24) is 9.55 Å². The molecule has 0 unspecified atom stereocenters. The number of hydrogen-bond donors (Lipinski definition) is 1. The third kappa shape index (κ3) is 2.59. The minimum Gasteiger partial charge on any atom is -0.330 e. The molecule has 0 bridgehead atoms. The molecule has 0 spiro atoms. The van der Waals surface area contributed by atoms with Crippen LogP contribution in [0, 0.1) is 5.82 Å². The molecular formula is C14H18FN3. The van der Waals surface area contributed by atoms with Crippen LogP contribution in [0.1, 0.15) is 36.7 Å². The molecule has 1 aromatic carbocycles. The molecule has 0 saturated heterocycles. The molecule has 0 atom stereocenters. The second-order valence-electron chi connectivity index (χ2n) is 4.69. The number of nitrogens with zero attached hydrogens (tertiary/aromatic N) is 2. The van der Waals surface area contributed by atoms with Gasteiger partial charge in [-0.15, -0.1) is 0 Å². The molecule has 2 rings (SSSR count). The molecule has 1 heterocycles. The van der Waals surface area contributed by atoms with Crippen molar-refractivity contribution in [3.63, 3.8) is 0 Å². The summed E-state index contributed by atoms with van der Waals surface area (Å²) in [7, 11) is 0. The van der Waals surface area contributed by atoms with E-state index in [2.05, 4.69) is 23.4 Å². The fourth-order valence-corrected chi connectivity index (χ4v) is 2.08. The third-order valence-corrected chi connectivity index (χ3v) is 2.99. The summed E-state index contributed by atoms with van der Waals surface area (Å²) in [5, 5.41) is 0. The lowest BCUT2D eigenvalue weighted by atomic mass is 10.1. The van der Waals surface area contributed by atoms with Gasteiger partial charge in [0.05, 0.1) is 0 Å². The van der Waals surface area contributed by atoms with Crippen LogP contribution in [0.3, 0.4) is 0 Å². The highest BCUT2D eigenvalue weighted by atomic mass is 19.1. The Labute approximate surface area is 106 Å². The highest BCUT2D eigenvalue weighted by molar-refractivity contribution is 5.28. The smallest absolute Gasteiger partial charge is 0.123 e. The van der Waals surface area contributed by atoms with Crippen molar-refractivity contribution in [3.05, 3.63) is 53.4 Å².